The zero-order valence-electron chi connectivity index (χ0n) is 8.82. The third-order valence-corrected chi connectivity index (χ3v) is 4.56. The van der Waals surface area contributed by atoms with Gasteiger partial charge in [0.2, 0.25) is 0 Å². The number of H-pyrrole nitrogens is 1. The van der Waals surface area contributed by atoms with E-state index in [4.69, 9.17) is 12.2 Å². The van der Waals surface area contributed by atoms with Crippen molar-refractivity contribution < 1.29 is 0 Å². The summed E-state index contributed by atoms with van der Waals surface area (Å²) < 4.78 is 1.60. The van der Waals surface area contributed by atoms with Gasteiger partial charge in [-0.3, -0.25) is 9.80 Å². The van der Waals surface area contributed by atoms with Crippen molar-refractivity contribution >= 4 is 28.1 Å². The quantitative estimate of drug-likeness (QED) is 0.799. The highest BCUT2D eigenvalue weighted by Gasteiger charge is 2.33. The van der Waals surface area contributed by atoms with Crippen LogP contribution in [0.2, 0.25) is 0 Å². The van der Waals surface area contributed by atoms with Crippen LogP contribution in [0.5, 0.6) is 0 Å². The number of hydrogen-bond acceptors (Lipinski definition) is 4. The number of hydrogen-bond donors (Lipinski definition) is 1. The van der Waals surface area contributed by atoms with E-state index in [1.54, 1.807) is 6.20 Å². The predicted molar refractivity (Wildman–Crippen MR) is 67.9 cm³/mol. The van der Waals surface area contributed by atoms with E-state index in [0.29, 0.717) is 6.04 Å². The Hall–Kier alpha value is -0.300. The third kappa shape index (κ3) is 1.84. The van der Waals surface area contributed by atoms with Crippen LogP contribution in [-0.2, 0) is 0 Å². The molecule has 1 N–H and O–H groups in total. The van der Waals surface area contributed by atoms with Crippen molar-refractivity contribution in [2.45, 2.75) is 6.04 Å². The molecule has 3 saturated heterocycles. The van der Waals surface area contributed by atoms with Gasteiger partial charge in [0, 0.05) is 38.9 Å². The second kappa shape index (κ2) is 4.18. The van der Waals surface area contributed by atoms with Gasteiger partial charge < -0.3 is 4.98 Å². The van der Waals surface area contributed by atoms with Crippen molar-refractivity contribution in [3.63, 3.8) is 0 Å². The maximum atomic E-state index is 5.22. The van der Waals surface area contributed by atoms with Crippen LogP contribution in [0, 0.1) is 4.64 Å². The number of nitrogens with one attached hydrogen (secondary N) is 1. The molecule has 0 amide bonds. The molecule has 4 rings (SSSR count). The largest absolute Gasteiger partial charge is 0.332 e. The minimum atomic E-state index is 0.386. The summed E-state index contributed by atoms with van der Waals surface area (Å²) in [7, 11) is 0. The summed E-state index contributed by atoms with van der Waals surface area (Å²) >= 11 is 8.59. The average molecular weight is 301 g/mol. The van der Waals surface area contributed by atoms with E-state index < -0.39 is 0 Å². The van der Waals surface area contributed by atoms with Gasteiger partial charge in [0.1, 0.15) is 10.5 Å². The number of piperazine rings is 3. The molecule has 3 aliphatic heterocycles. The minimum absolute atomic E-state index is 0.386. The van der Waals surface area contributed by atoms with Crippen LogP contribution < -0.4 is 0 Å². The Morgan fingerprint density at radius 1 is 1.38 bits per heavy atom. The lowest BCUT2D eigenvalue weighted by Crippen LogP contribution is -2.57. The monoisotopic (exact) mass is 300 g/mol. The van der Waals surface area contributed by atoms with Gasteiger partial charge in [0.25, 0.3) is 0 Å². The van der Waals surface area contributed by atoms with E-state index in [1.165, 1.54) is 13.1 Å². The van der Waals surface area contributed by atoms with Gasteiger partial charge in [0.15, 0.2) is 0 Å². The topological polar surface area (TPSA) is 35.2 Å². The van der Waals surface area contributed by atoms with Gasteiger partial charge in [-0.15, -0.1) is 0 Å². The molecule has 4 heterocycles. The van der Waals surface area contributed by atoms with Gasteiger partial charge in [-0.25, -0.2) is 4.98 Å². The van der Waals surface area contributed by atoms with Crippen LogP contribution in [0.3, 0.4) is 0 Å². The molecule has 1 aromatic rings. The molecule has 0 aliphatic carbocycles. The van der Waals surface area contributed by atoms with E-state index in [-0.39, 0.29) is 0 Å². The standard InChI is InChI=1S/C10H13BrN4S/c11-7-5-12-9(13-10(7)16)8-6-14-1-3-15(8)4-2-14/h5,8H,1-4,6H2,(H,12,13,16). The molecule has 1 aromatic heterocycles. The van der Waals surface area contributed by atoms with Gasteiger partial charge in [0.05, 0.1) is 10.5 Å². The van der Waals surface area contributed by atoms with Crippen LogP contribution >= 0.6 is 28.1 Å². The van der Waals surface area contributed by atoms with E-state index in [9.17, 15) is 0 Å². The first kappa shape index (κ1) is 10.8. The third-order valence-electron chi connectivity index (χ3n) is 3.37. The van der Waals surface area contributed by atoms with Gasteiger partial charge in [-0.2, -0.15) is 0 Å². The van der Waals surface area contributed by atoms with Crippen molar-refractivity contribution in [1.82, 2.24) is 19.8 Å². The molecule has 6 heteroatoms. The first-order chi connectivity index (χ1) is 7.74. The number of fused-ring (bicyclic) bond motifs is 3. The Morgan fingerprint density at radius 2 is 2.12 bits per heavy atom. The Morgan fingerprint density at radius 3 is 2.69 bits per heavy atom. The van der Waals surface area contributed by atoms with Crippen LogP contribution in [-0.4, -0.2) is 52.5 Å². The molecule has 3 aliphatic rings. The lowest BCUT2D eigenvalue weighted by molar-refractivity contribution is 0.00858. The zero-order chi connectivity index (χ0) is 11.1. The second-order valence-corrected chi connectivity index (χ2v) is 5.56. The second-order valence-electron chi connectivity index (χ2n) is 4.30. The summed E-state index contributed by atoms with van der Waals surface area (Å²) in [6.45, 7) is 5.73. The van der Waals surface area contributed by atoms with Crippen molar-refractivity contribution in [2.75, 3.05) is 32.7 Å². The molecule has 16 heavy (non-hydrogen) atoms. The molecule has 3 fully saturated rings. The highest BCUT2D eigenvalue weighted by molar-refractivity contribution is 9.10. The highest BCUT2D eigenvalue weighted by Crippen LogP contribution is 2.26. The first-order valence-corrected chi connectivity index (χ1v) is 6.65. The van der Waals surface area contributed by atoms with Crippen LogP contribution in [0.4, 0.5) is 0 Å². The summed E-state index contributed by atoms with van der Waals surface area (Å²) in [6, 6.07) is 0.386. The molecule has 2 bridgehead atoms. The van der Waals surface area contributed by atoms with Crippen molar-refractivity contribution in [3.8, 4) is 0 Å². The maximum absolute atomic E-state index is 5.22. The average Bonchev–Trinajstić information content (AvgIpc) is 2.34. The number of aromatic nitrogens is 2. The van der Waals surface area contributed by atoms with Crippen molar-refractivity contribution in [3.05, 3.63) is 21.1 Å². The fraction of sp³-hybridized carbons (Fsp3) is 0.600. The summed E-state index contributed by atoms with van der Waals surface area (Å²) in [4.78, 5) is 12.6. The maximum Gasteiger partial charge on any atom is 0.125 e. The molecule has 0 saturated carbocycles. The van der Waals surface area contributed by atoms with Crippen LogP contribution in [0.1, 0.15) is 11.9 Å². The molecule has 1 unspecified atom stereocenters. The lowest BCUT2D eigenvalue weighted by atomic mass is 10.1. The summed E-state index contributed by atoms with van der Waals surface area (Å²) in [5.41, 5.74) is 0. The van der Waals surface area contributed by atoms with E-state index in [2.05, 4.69) is 35.7 Å². The lowest BCUT2D eigenvalue weighted by Gasteiger charge is -2.46. The number of rotatable bonds is 1. The SMILES string of the molecule is S=c1[nH]c(C2CN3CCN2CC3)ncc1Br. The number of aromatic amines is 1. The van der Waals surface area contributed by atoms with E-state index in [1.807, 2.05) is 0 Å². The Bertz CT molecular complexity index is 452. The predicted octanol–water partition coefficient (Wildman–Crippen LogP) is 1.57. The molecule has 0 radical (unpaired) electrons. The van der Waals surface area contributed by atoms with Crippen molar-refractivity contribution in [1.29, 1.82) is 0 Å². The number of halogens is 1. The Labute approximate surface area is 108 Å². The van der Waals surface area contributed by atoms with Crippen LogP contribution in [0.15, 0.2) is 10.7 Å². The van der Waals surface area contributed by atoms with Gasteiger partial charge in [-0.1, -0.05) is 12.2 Å². The summed E-state index contributed by atoms with van der Waals surface area (Å²) in [5, 5.41) is 0. The smallest absolute Gasteiger partial charge is 0.125 e. The molecular weight excluding hydrogens is 288 g/mol. The summed E-state index contributed by atoms with van der Waals surface area (Å²) in [6.07, 6.45) is 1.80. The fourth-order valence-corrected chi connectivity index (χ4v) is 2.80. The molecule has 0 aromatic carbocycles. The molecular formula is C10H13BrN4S. The van der Waals surface area contributed by atoms with E-state index in [0.717, 1.165) is 34.6 Å². The van der Waals surface area contributed by atoms with Crippen LogP contribution in [0.25, 0.3) is 0 Å². The normalized spacial score (nSPS) is 32.9. The highest BCUT2D eigenvalue weighted by atomic mass is 79.9. The molecule has 86 valence electrons. The van der Waals surface area contributed by atoms with Gasteiger partial charge in [-0.05, 0) is 15.9 Å². The minimum Gasteiger partial charge on any atom is -0.332 e. The van der Waals surface area contributed by atoms with Gasteiger partial charge >= 0.3 is 0 Å². The zero-order valence-corrected chi connectivity index (χ0v) is 11.2. The Balaban J connectivity index is 1.92. The summed E-state index contributed by atoms with van der Waals surface area (Å²) in [5.74, 6) is 0.998. The van der Waals surface area contributed by atoms with E-state index >= 15 is 0 Å². The van der Waals surface area contributed by atoms with Crippen molar-refractivity contribution in [2.24, 2.45) is 0 Å². The fourth-order valence-electron chi connectivity index (χ4n) is 2.44. The molecule has 1 atom stereocenters. The number of nitrogens with zero attached hydrogens (tertiary/aromatic N) is 3. The first-order valence-electron chi connectivity index (χ1n) is 5.45. The molecule has 0 spiro atoms. The Kier molecular flexibility index (Phi) is 2.83. The molecule has 4 nitrogen and oxygen atoms in total.